The number of aliphatic hydroxyl groups is 3. The second-order valence-electron chi connectivity index (χ2n) is 7.56. The standard InChI is InChI=1S/C20H22N2O9/c1-29-12-5-3-9(14(24)15(12)30-2)7-10-17(26)22-20(18(27)21-10)8-19(28)13(31-20)6-4-11(23)16(19)25/h3-7,11,13,16,23-25,28H,8H2,1-2H3,(H,21,27)(H,22,26)/t11-,13+,16+,19+,20-/m1/s1. The van der Waals surface area contributed by atoms with Gasteiger partial charge in [0.2, 0.25) is 11.5 Å². The van der Waals surface area contributed by atoms with E-state index in [0.29, 0.717) is 0 Å². The van der Waals surface area contributed by atoms with Gasteiger partial charge in [-0.05, 0) is 18.2 Å². The van der Waals surface area contributed by atoms with E-state index in [9.17, 15) is 30.0 Å². The van der Waals surface area contributed by atoms with Gasteiger partial charge in [0.15, 0.2) is 11.5 Å². The van der Waals surface area contributed by atoms with Gasteiger partial charge in [-0.1, -0.05) is 12.2 Å². The summed E-state index contributed by atoms with van der Waals surface area (Å²) >= 11 is 0. The Morgan fingerprint density at radius 1 is 1.19 bits per heavy atom. The molecule has 0 radical (unpaired) electrons. The summed E-state index contributed by atoms with van der Waals surface area (Å²) in [5.74, 6) is -1.48. The number of nitrogens with one attached hydrogen (secondary N) is 2. The normalized spacial score (nSPS) is 35.6. The van der Waals surface area contributed by atoms with E-state index in [2.05, 4.69) is 10.6 Å². The molecule has 2 saturated heterocycles. The number of amides is 2. The highest BCUT2D eigenvalue weighted by Crippen LogP contribution is 2.44. The van der Waals surface area contributed by atoms with Crippen LogP contribution in [0.1, 0.15) is 12.0 Å². The van der Waals surface area contributed by atoms with E-state index in [4.69, 9.17) is 14.2 Å². The number of rotatable bonds is 3. The Bertz CT molecular complexity index is 1010. The number of aromatic hydroxyl groups is 1. The smallest absolute Gasteiger partial charge is 0.278 e. The van der Waals surface area contributed by atoms with Crippen molar-refractivity contribution in [3.63, 3.8) is 0 Å². The van der Waals surface area contributed by atoms with Gasteiger partial charge in [0.25, 0.3) is 11.8 Å². The van der Waals surface area contributed by atoms with Crippen LogP contribution in [0.5, 0.6) is 17.2 Å². The van der Waals surface area contributed by atoms with E-state index < -0.39 is 47.9 Å². The summed E-state index contributed by atoms with van der Waals surface area (Å²) in [4.78, 5) is 25.6. The minimum atomic E-state index is -1.97. The number of aliphatic hydroxyl groups excluding tert-OH is 2. The van der Waals surface area contributed by atoms with Gasteiger partial charge in [-0.15, -0.1) is 0 Å². The lowest BCUT2D eigenvalue weighted by atomic mass is 9.79. The average molecular weight is 434 g/mol. The summed E-state index contributed by atoms with van der Waals surface area (Å²) in [5, 5.41) is 46.1. The van der Waals surface area contributed by atoms with Crippen LogP contribution in [0.3, 0.4) is 0 Å². The summed E-state index contributed by atoms with van der Waals surface area (Å²) in [6.45, 7) is 0. The summed E-state index contributed by atoms with van der Waals surface area (Å²) in [6.07, 6.45) is -0.711. The number of phenolic OH excluding ortho intramolecular Hbond substituents is 1. The maximum absolute atomic E-state index is 12.9. The van der Waals surface area contributed by atoms with Crippen molar-refractivity contribution in [3.05, 3.63) is 35.5 Å². The number of hydrogen-bond donors (Lipinski definition) is 6. The fourth-order valence-electron chi connectivity index (χ4n) is 4.05. The van der Waals surface area contributed by atoms with Gasteiger partial charge < -0.3 is 45.3 Å². The van der Waals surface area contributed by atoms with Crippen LogP contribution in [0, 0.1) is 0 Å². The minimum Gasteiger partial charge on any atom is -0.504 e. The number of ether oxygens (including phenoxy) is 3. The summed E-state index contributed by atoms with van der Waals surface area (Å²) in [6, 6.07) is 2.99. The number of fused-ring (bicyclic) bond motifs is 1. The molecule has 0 unspecified atom stereocenters. The lowest BCUT2D eigenvalue weighted by Gasteiger charge is -2.36. The molecule has 2 heterocycles. The first-order chi connectivity index (χ1) is 14.6. The Balaban J connectivity index is 1.62. The molecule has 1 aliphatic carbocycles. The van der Waals surface area contributed by atoms with E-state index in [0.717, 1.165) is 0 Å². The zero-order valence-electron chi connectivity index (χ0n) is 16.7. The van der Waals surface area contributed by atoms with Crippen molar-refractivity contribution in [2.45, 2.75) is 36.1 Å². The summed E-state index contributed by atoms with van der Waals surface area (Å²) < 4.78 is 15.8. The lowest BCUT2D eigenvalue weighted by Crippen LogP contribution is -2.65. The van der Waals surface area contributed by atoms with Crippen LogP contribution in [-0.2, 0) is 14.3 Å². The predicted molar refractivity (Wildman–Crippen MR) is 104 cm³/mol. The van der Waals surface area contributed by atoms with Crippen molar-refractivity contribution in [1.29, 1.82) is 0 Å². The summed E-state index contributed by atoms with van der Waals surface area (Å²) in [7, 11) is 2.75. The zero-order chi connectivity index (χ0) is 22.6. The van der Waals surface area contributed by atoms with Crippen LogP contribution in [0.25, 0.3) is 6.08 Å². The van der Waals surface area contributed by atoms with Crippen molar-refractivity contribution < 1.29 is 44.2 Å². The molecule has 2 amide bonds. The van der Waals surface area contributed by atoms with Crippen molar-refractivity contribution >= 4 is 17.9 Å². The summed E-state index contributed by atoms with van der Waals surface area (Å²) in [5.41, 5.74) is -3.91. The number of hydrogen-bond acceptors (Lipinski definition) is 9. The maximum atomic E-state index is 12.9. The van der Waals surface area contributed by atoms with Crippen molar-refractivity contribution in [2.75, 3.05) is 14.2 Å². The average Bonchev–Trinajstić information content (AvgIpc) is 3.04. The number of piperazine rings is 1. The largest absolute Gasteiger partial charge is 0.504 e. The van der Waals surface area contributed by atoms with E-state index in [1.165, 1.54) is 44.6 Å². The van der Waals surface area contributed by atoms with Crippen LogP contribution in [0.2, 0.25) is 0 Å². The first-order valence-electron chi connectivity index (χ1n) is 9.39. The van der Waals surface area contributed by atoms with Crippen LogP contribution >= 0.6 is 0 Å². The molecular weight excluding hydrogens is 412 g/mol. The molecule has 11 nitrogen and oxygen atoms in total. The number of phenols is 1. The molecule has 2 aliphatic heterocycles. The van der Waals surface area contributed by atoms with Crippen LogP contribution in [0.15, 0.2) is 30.0 Å². The lowest BCUT2D eigenvalue weighted by molar-refractivity contribution is -0.159. The molecule has 5 atom stereocenters. The third-order valence-corrected chi connectivity index (χ3v) is 5.70. The maximum Gasteiger partial charge on any atom is 0.278 e. The zero-order valence-corrected chi connectivity index (χ0v) is 16.7. The first kappa shape index (κ1) is 21.1. The molecule has 1 spiro atoms. The number of methoxy groups -OCH3 is 2. The van der Waals surface area contributed by atoms with Gasteiger partial charge in [0.1, 0.15) is 29.6 Å². The van der Waals surface area contributed by atoms with E-state index >= 15 is 0 Å². The highest BCUT2D eigenvalue weighted by molar-refractivity contribution is 6.08. The Kier molecular flexibility index (Phi) is 4.93. The Morgan fingerprint density at radius 2 is 1.94 bits per heavy atom. The molecule has 1 aromatic rings. The first-order valence-corrected chi connectivity index (χ1v) is 9.39. The van der Waals surface area contributed by atoms with Crippen molar-refractivity contribution in [1.82, 2.24) is 10.6 Å². The third kappa shape index (κ3) is 3.13. The van der Waals surface area contributed by atoms with Gasteiger partial charge in [-0.2, -0.15) is 0 Å². The van der Waals surface area contributed by atoms with Crippen LogP contribution in [0.4, 0.5) is 0 Å². The van der Waals surface area contributed by atoms with Crippen molar-refractivity contribution in [3.8, 4) is 17.2 Å². The van der Waals surface area contributed by atoms with Gasteiger partial charge in [0, 0.05) is 12.0 Å². The highest BCUT2D eigenvalue weighted by atomic mass is 16.6. The minimum absolute atomic E-state index is 0.0561. The Morgan fingerprint density at radius 3 is 2.61 bits per heavy atom. The van der Waals surface area contributed by atoms with Crippen LogP contribution < -0.4 is 20.1 Å². The Hall–Kier alpha value is -3.12. The monoisotopic (exact) mass is 434 g/mol. The molecular formula is C20H22N2O9. The molecule has 11 heteroatoms. The second-order valence-corrected chi connectivity index (χ2v) is 7.56. The number of carbonyl (C=O) groups is 2. The van der Waals surface area contributed by atoms with Gasteiger partial charge in [0.05, 0.1) is 14.2 Å². The quantitative estimate of drug-likeness (QED) is 0.245. The van der Waals surface area contributed by atoms with E-state index in [-0.39, 0.29) is 28.5 Å². The van der Waals surface area contributed by atoms with Gasteiger partial charge >= 0.3 is 0 Å². The molecule has 0 saturated carbocycles. The third-order valence-electron chi connectivity index (χ3n) is 5.70. The molecule has 31 heavy (non-hydrogen) atoms. The SMILES string of the molecule is COc1ccc(C=C2NC(=O)[C@]3(C[C@]4(O)[C@H](C=C[C@@H](O)[C@@H]4O)O3)NC2=O)c(O)c1OC. The molecule has 3 aliphatic rings. The fraction of sp³-hybridized carbons (Fsp3) is 0.400. The van der Waals surface area contributed by atoms with Crippen molar-refractivity contribution in [2.24, 2.45) is 0 Å². The molecule has 6 N–H and O–H groups in total. The molecule has 166 valence electrons. The molecule has 0 bridgehead atoms. The topological polar surface area (TPSA) is 167 Å². The Labute approximate surface area is 176 Å². The fourth-order valence-corrected chi connectivity index (χ4v) is 4.05. The molecule has 2 fully saturated rings. The number of carbonyl (C=O) groups excluding carboxylic acids is 2. The molecule has 1 aromatic carbocycles. The second kappa shape index (κ2) is 7.24. The van der Waals surface area contributed by atoms with Crippen LogP contribution in [-0.4, -0.2) is 76.1 Å². The molecule has 4 rings (SSSR count). The van der Waals surface area contributed by atoms with Gasteiger partial charge in [-0.25, -0.2) is 0 Å². The molecule has 0 aromatic heterocycles. The predicted octanol–water partition coefficient (Wildman–Crippen LogP) is -1.50. The number of benzene rings is 1. The van der Waals surface area contributed by atoms with E-state index in [1.54, 1.807) is 0 Å². The highest BCUT2D eigenvalue weighted by Gasteiger charge is 2.65. The van der Waals surface area contributed by atoms with Gasteiger partial charge in [-0.3, -0.25) is 9.59 Å². The van der Waals surface area contributed by atoms with E-state index in [1.807, 2.05) is 0 Å².